The third-order valence-corrected chi connectivity index (χ3v) is 3.36. The van der Waals surface area contributed by atoms with E-state index in [1.54, 1.807) is 31.3 Å². The summed E-state index contributed by atoms with van der Waals surface area (Å²) < 4.78 is 1.44. The van der Waals surface area contributed by atoms with Crippen LogP contribution in [0.25, 0.3) is 10.9 Å². The zero-order valence-electron chi connectivity index (χ0n) is 12.0. The third kappa shape index (κ3) is 2.65. The fourth-order valence-electron chi connectivity index (χ4n) is 2.00. The summed E-state index contributed by atoms with van der Waals surface area (Å²) in [5.74, 6) is -1.74. The number of nitrogens with zero attached hydrogens (tertiary/aromatic N) is 1. The summed E-state index contributed by atoms with van der Waals surface area (Å²) in [5.41, 5.74) is -0.961. The maximum atomic E-state index is 12.3. The zero-order valence-corrected chi connectivity index (χ0v) is 12.0. The average molecular weight is 288 g/mol. The predicted molar refractivity (Wildman–Crippen MR) is 78.4 cm³/mol. The number of aryl methyl sites for hydroxylation is 1. The van der Waals surface area contributed by atoms with Crippen LogP contribution in [0.15, 0.2) is 35.1 Å². The summed E-state index contributed by atoms with van der Waals surface area (Å²) in [6.07, 6.45) is 0. The number of carbonyl (C=O) groups excluding carboxylic acids is 1. The second-order valence-corrected chi connectivity index (χ2v) is 5.36. The van der Waals surface area contributed by atoms with E-state index in [0.717, 1.165) is 0 Å². The van der Waals surface area contributed by atoms with Gasteiger partial charge in [0.2, 0.25) is 0 Å². The van der Waals surface area contributed by atoms with E-state index in [1.807, 2.05) is 0 Å². The Hall–Kier alpha value is -2.63. The van der Waals surface area contributed by atoms with E-state index >= 15 is 0 Å². The average Bonchev–Trinajstić information content (AvgIpc) is 2.42. The van der Waals surface area contributed by atoms with E-state index in [9.17, 15) is 14.4 Å². The van der Waals surface area contributed by atoms with Crippen LogP contribution in [0, 0.1) is 0 Å². The molecule has 6 nitrogen and oxygen atoms in total. The highest BCUT2D eigenvalue weighted by atomic mass is 16.4. The third-order valence-electron chi connectivity index (χ3n) is 3.36. The molecule has 1 aromatic heterocycles. The molecule has 1 heterocycles. The lowest BCUT2D eigenvalue weighted by Crippen LogP contribution is -2.49. The lowest BCUT2D eigenvalue weighted by atomic mass is 10.0. The minimum absolute atomic E-state index is 0.169. The van der Waals surface area contributed by atoms with E-state index in [2.05, 4.69) is 5.32 Å². The number of amides is 1. The van der Waals surface area contributed by atoms with Crippen LogP contribution in [0.1, 0.15) is 24.2 Å². The van der Waals surface area contributed by atoms with Crippen LogP contribution >= 0.6 is 0 Å². The van der Waals surface area contributed by atoms with Crippen molar-refractivity contribution in [1.82, 2.24) is 9.88 Å². The van der Waals surface area contributed by atoms with E-state index in [4.69, 9.17) is 5.11 Å². The second kappa shape index (κ2) is 5.05. The van der Waals surface area contributed by atoms with Crippen molar-refractivity contribution in [1.29, 1.82) is 0 Å². The first-order chi connectivity index (χ1) is 9.74. The molecule has 1 amide bonds. The molecule has 0 saturated carbocycles. The van der Waals surface area contributed by atoms with Crippen LogP contribution in [-0.2, 0) is 11.8 Å². The SMILES string of the molecule is Cn1c(=O)cc(C(=O)NC(C)(C)C(=O)O)c2ccccc21. The fourth-order valence-corrected chi connectivity index (χ4v) is 2.00. The van der Waals surface area contributed by atoms with Crippen LogP contribution in [0.4, 0.5) is 0 Å². The molecule has 0 fully saturated rings. The van der Waals surface area contributed by atoms with Crippen LogP contribution in [-0.4, -0.2) is 27.1 Å². The Bertz CT molecular complexity index is 790. The fraction of sp³-hybridized carbons (Fsp3) is 0.267. The van der Waals surface area contributed by atoms with Crippen molar-refractivity contribution in [2.45, 2.75) is 19.4 Å². The molecule has 0 aliphatic carbocycles. The van der Waals surface area contributed by atoms with E-state index in [1.165, 1.54) is 24.5 Å². The van der Waals surface area contributed by atoms with Crippen molar-refractivity contribution in [2.75, 3.05) is 0 Å². The second-order valence-electron chi connectivity index (χ2n) is 5.36. The maximum absolute atomic E-state index is 12.3. The summed E-state index contributed by atoms with van der Waals surface area (Å²) in [6, 6.07) is 8.19. The Kier molecular flexibility index (Phi) is 3.55. The zero-order chi connectivity index (χ0) is 15.8. The first-order valence-electron chi connectivity index (χ1n) is 6.39. The Labute approximate surface area is 121 Å². The highest BCUT2D eigenvalue weighted by Crippen LogP contribution is 2.17. The molecule has 2 N–H and O–H groups in total. The molecule has 2 aromatic rings. The monoisotopic (exact) mass is 288 g/mol. The number of hydrogen-bond donors (Lipinski definition) is 2. The molecule has 0 spiro atoms. The number of fused-ring (bicyclic) bond motifs is 1. The minimum atomic E-state index is -1.42. The van der Waals surface area contributed by atoms with Gasteiger partial charge in [0.25, 0.3) is 11.5 Å². The van der Waals surface area contributed by atoms with Crippen LogP contribution in [0.2, 0.25) is 0 Å². The number of hydrogen-bond acceptors (Lipinski definition) is 3. The number of nitrogens with one attached hydrogen (secondary N) is 1. The van der Waals surface area contributed by atoms with Crippen molar-refractivity contribution >= 4 is 22.8 Å². The number of pyridine rings is 1. The summed E-state index contributed by atoms with van der Waals surface area (Å²) >= 11 is 0. The highest BCUT2D eigenvalue weighted by Gasteiger charge is 2.30. The van der Waals surface area contributed by atoms with Gasteiger partial charge in [-0.1, -0.05) is 18.2 Å². The number of benzene rings is 1. The smallest absolute Gasteiger partial charge is 0.328 e. The van der Waals surface area contributed by atoms with E-state index < -0.39 is 17.4 Å². The number of rotatable bonds is 3. The lowest BCUT2D eigenvalue weighted by molar-refractivity contribution is -0.143. The summed E-state index contributed by atoms with van der Waals surface area (Å²) in [6.45, 7) is 2.77. The first kappa shape index (κ1) is 14.8. The van der Waals surface area contributed by atoms with Gasteiger partial charge in [-0.3, -0.25) is 9.59 Å². The van der Waals surface area contributed by atoms with Gasteiger partial charge in [0.05, 0.1) is 11.1 Å². The molecular formula is C15H16N2O4. The summed E-state index contributed by atoms with van der Waals surface area (Å²) in [4.78, 5) is 35.3. The number of carboxylic acids is 1. The Balaban J connectivity index is 2.57. The van der Waals surface area contributed by atoms with Gasteiger partial charge in [-0.25, -0.2) is 4.79 Å². The van der Waals surface area contributed by atoms with Crippen molar-refractivity contribution in [3.05, 3.63) is 46.2 Å². The molecule has 2 rings (SSSR count). The molecule has 21 heavy (non-hydrogen) atoms. The molecule has 0 saturated heterocycles. The molecule has 6 heteroatoms. The van der Waals surface area contributed by atoms with Gasteiger partial charge in [-0.05, 0) is 19.9 Å². The minimum Gasteiger partial charge on any atom is -0.480 e. The molecular weight excluding hydrogens is 272 g/mol. The number of carboxylic acid groups (broad SMARTS) is 1. The molecule has 0 atom stereocenters. The number of para-hydroxylation sites is 1. The molecule has 1 aromatic carbocycles. The normalized spacial score (nSPS) is 11.4. The Morgan fingerprint density at radius 3 is 2.48 bits per heavy atom. The van der Waals surface area contributed by atoms with Gasteiger partial charge in [0.1, 0.15) is 5.54 Å². The van der Waals surface area contributed by atoms with Crippen LogP contribution < -0.4 is 10.9 Å². The molecule has 0 aliphatic heterocycles. The molecule has 0 bridgehead atoms. The molecule has 0 aliphatic rings. The van der Waals surface area contributed by atoms with Gasteiger partial charge in [-0.15, -0.1) is 0 Å². The quantitative estimate of drug-likeness (QED) is 0.886. The van der Waals surface area contributed by atoms with Gasteiger partial charge >= 0.3 is 5.97 Å². The van der Waals surface area contributed by atoms with Crippen LogP contribution in [0.3, 0.4) is 0 Å². The largest absolute Gasteiger partial charge is 0.480 e. The predicted octanol–water partition coefficient (Wildman–Crippen LogP) is 1.13. The number of aromatic nitrogens is 1. The standard InChI is InChI=1S/C15H16N2O4/c1-15(2,14(20)21)16-13(19)10-8-12(18)17(3)11-7-5-4-6-9(10)11/h4-8H,1-3H3,(H,16,19)(H,20,21). The van der Waals surface area contributed by atoms with E-state index in [-0.39, 0.29) is 11.1 Å². The van der Waals surface area contributed by atoms with Gasteiger partial charge in [0, 0.05) is 18.5 Å². The first-order valence-corrected chi connectivity index (χ1v) is 6.39. The summed E-state index contributed by atoms with van der Waals surface area (Å²) in [5, 5.41) is 12.1. The van der Waals surface area contributed by atoms with Crippen molar-refractivity contribution < 1.29 is 14.7 Å². The Morgan fingerprint density at radius 1 is 1.24 bits per heavy atom. The molecule has 0 unspecified atom stereocenters. The van der Waals surface area contributed by atoms with Gasteiger partial charge < -0.3 is 15.0 Å². The maximum Gasteiger partial charge on any atom is 0.328 e. The van der Waals surface area contributed by atoms with Crippen molar-refractivity contribution in [3.8, 4) is 0 Å². The number of carbonyl (C=O) groups is 2. The molecule has 110 valence electrons. The van der Waals surface area contributed by atoms with Crippen molar-refractivity contribution in [3.63, 3.8) is 0 Å². The summed E-state index contributed by atoms with van der Waals surface area (Å²) in [7, 11) is 1.62. The topological polar surface area (TPSA) is 88.4 Å². The lowest BCUT2D eigenvalue weighted by Gasteiger charge is -2.21. The van der Waals surface area contributed by atoms with Gasteiger partial charge in [0.15, 0.2) is 0 Å². The molecule has 0 radical (unpaired) electrons. The van der Waals surface area contributed by atoms with Crippen LogP contribution in [0.5, 0.6) is 0 Å². The van der Waals surface area contributed by atoms with Gasteiger partial charge in [-0.2, -0.15) is 0 Å². The number of aliphatic carboxylic acids is 1. The highest BCUT2D eigenvalue weighted by molar-refractivity contribution is 6.07. The van der Waals surface area contributed by atoms with Crippen molar-refractivity contribution in [2.24, 2.45) is 7.05 Å². The van der Waals surface area contributed by atoms with E-state index in [0.29, 0.717) is 10.9 Å². The Morgan fingerprint density at radius 2 is 1.86 bits per heavy atom.